The molecule has 0 aromatic heterocycles. The van der Waals surface area contributed by atoms with Gasteiger partial charge in [0.05, 0.1) is 28.4 Å². The minimum atomic E-state index is -0.621. The fraction of sp³-hybridized carbons (Fsp3) is 0.217. The monoisotopic (exact) mass is 428 g/mol. The molecule has 0 aliphatic heterocycles. The molecule has 2 rings (SSSR count). The van der Waals surface area contributed by atoms with Gasteiger partial charge in [0.2, 0.25) is 11.5 Å². The highest BCUT2D eigenvalue weighted by Crippen LogP contribution is 2.44. The van der Waals surface area contributed by atoms with Gasteiger partial charge in [0.1, 0.15) is 0 Å². The van der Waals surface area contributed by atoms with Crippen LogP contribution in [0.3, 0.4) is 0 Å². The Morgan fingerprint density at radius 1 is 0.677 bits per heavy atom. The Hall–Kier alpha value is -3.94. The lowest BCUT2D eigenvalue weighted by molar-refractivity contribution is -0.130. The Kier molecular flexibility index (Phi) is 8.08. The van der Waals surface area contributed by atoms with Gasteiger partial charge in [-0.2, -0.15) is 0 Å². The predicted molar refractivity (Wildman–Crippen MR) is 114 cm³/mol. The summed E-state index contributed by atoms with van der Waals surface area (Å²) in [4.78, 5) is 23.2. The molecule has 31 heavy (non-hydrogen) atoms. The van der Waals surface area contributed by atoms with Crippen LogP contribution in [0.5, 0.6) is 34.5 Å². The molecular formula is C23H24O8. The number of carbonyl (C=O) groups is 2. The first kappa shape index (κ1) is 23.3. The van der Waals surface area contributed by atoms with E-state index in [-0.39, 0.29) is 23.0 Å². The molecule has 0 unspecified atom stereocenters. The van der Waals surface area contributed by atoms with Crippen molar-refractivity contribution in [3.8, 4) is 34.5 Å². The van der Waals surface area contributed by atoms with Crippen LogP contribution in [0.25, 0.3) is 0 Å². The van der Waals surface area contributed by atoms with E-state index in [1.165, 1.54) is 28.4 Å². The molecule has 0 saturated carbocycles. The standard InChI is InChI=1S/C23H24O8/c1-7-18(24)30-16-11-9-14(20(26-3)22(16)28-5)13-15-10-12-17(31-19(25)8-2)23(29-6)21(15)27-4/h7-12H,1-2,13H2,3-6H3. The van der Waals surface area contributed by atoms with Gasteiger partial charge < -0.3 is 28.4 Å². The van der Waals surface area contributed by atoms with Crippen molar-refractivity contribution in [2.24, 2.45) is 0 Å². The van der Waals surface area contributed by atoms with E-state index in [9.17, 15) is 9.59 Å². The van der Waals surface area contributed by atoms with Gasteiger partial charge in [0.25, 0.3) is 0 Å². The molecule has 164 valence electrons. The molecule has 2 aromatic carbocycles. The van der Waals surface area contributed by atoms with Crippen LogP contribution in [0, 0.1) is 0 Å². The topological polar surface area (TPSA) is 89.5 Å². The van der Waals surface area contributed by atoms with Gasteiger partial charge in [0, 0.05) is 29.7 Å². The van der Waals surface area contributed by atoms with Crippen molar-refractivity contribution in [3.05, 3.63) is 60.7 Å². The number of hydrogen-bond donors (Lipinski definition) is 0. The Morgan fingerprint density at radius 2 is 1.03 bits per heavy atom. The molecule has 0 atom stereocenters. The zero-order valence-corrected chi connectivity index (χ0v) is 17.9. The summed E-state index contributed by atoms with van der Waals surface area (Å²) in [6, 6.07) is 6.68. The third kappa shape index (κ3) is 5.16. The molecule has 0 bridgehead atoms. The first-order valence-corrected chi connectivity index (χ1v) is 9.10. The highest BCUT2D eigenvalue weighted by Gasteiger charge is 2.22. The Morgan fingerprint density at radius 3 is 1.32 bits per heavy atom. The number of hydrogen-bond acceptors (Lipinski definition) is 8. The summed E-state index contributed by atoms with van der Waals surface area (Å²) in [6.45, 7) is 6.77. The maximum Gasteiger partial charge on any atom is 0.335 e. The summed E-state index contributed by atoms with van der Waals surface area (Å²) in [6.07, 6.45) is 2.46. The molecule has 0 saturated heterocycles. The van der Waals surface area contributed by atoms with E-state index < -0.39 is 11.9 Å². The van der Waals surface area contributed by atoms with Gasteiger partial charge in [0.15, 0.2) is 23.0 Å². The second-order valence-corrected chi connectivity index (χ2v) is 6.01. The average molecular weight is 428 g/mol. The maximum atomic E-state index is 11.6. The normalized spacial score (nSPS) is 9.94. The minimum Gasteiger partial charge on any atom is -0.492 e. The van der Waals surface area contributed by atoms with Crippen LogP contribution in [0.1, 0.15) is 11.1 Å². The van der Waals surface area contributed by atoms with Crippen LogP contribution in [-0.4, -0.2) is 40.4 Å². The molecule has 0 radical (unpaired) electrons. The number of ether oxygens (including phenoxy) is 6. The van der Waals surface area contributed by atoms with Crippen LogP contribution in [0.2, 0.25) is 0 Å². The van der Waals surface area contributed by atoms with Crippen LogP contribution in [0.4, 0.5) is 0 Å². The zero-order chi connectivity index (χ0) is 23.0. The molecule has 8 heteroatoms. The molecule has 0 aliphatic carbocycles. The lowest BCUT2D eigenvalue weighted by Gasteiger charge is -2.18. The summed E-state index contributed by atoms with van der Waals surface area (Å²) in [5, 5.41) is 0. The quantitative estimate of drug-likeness (QED) is 0.323. The summed E-state index contributed by atoms with van der Waals surface area (Å²) in [5.74, 6) is 0.456. The second kappa shape index (κ2) is 10.7. The average Bonchev–Trinajstić information content (AvgIpc) is 2.79. The van der Waals surface area contributed by atoms with Crippen molar-refractivity contribution in [1.29, 1.82) is 0 Å². The van der Waals surface area contributed by atoms with Crippen molar-refractivity contribution >= 4 is 11.9 Å². The van der Waals surface area contributed by atoms with Gasteiger partial charge >= 0.3 is 11.9 Å². The summed E-state index contributed by atoms with van der Waals surface area (Å²) in [7, 11) is 5.85. The molecule has 0 heterocycles. The molecule has 0 fully saturated rings. The third-order valence-corrected chi connectivity index (χ3v) is 4.27. The summed E-state index contributed by atoms with van der Waals surface area (Å²) in [5.41, 5.74) is 1.46. The lowest BCUT2D eigenvalue weighted by Crippen LogP contribution is -2.07. The van der Waals surface area contributed by atoms with Crippen molar-refractivity contribution in [1.82, 2.24) is 0 Å². The number of benzene rings is 2. The van der Waals surface area contributed by atoms with Gasteiger partial charge in [-0.3, -0.25) is 0 Å². The fourth-order valence-corrected chi connectivity index (χ4v) is 2.95. The van der Waals surface area contributed by atoms with Gasteiger partial charge in [-0.15, -0.1) is 0 Å². The van der Waals surface area contributed by atoms with Crippen LogP contribution >= 0.6 is 0 Å². The summed E-state index contributed by atoms with van der Waals surface area (Å²) >= 11 is 0. The molecule has 0 aliphatic rings. The molecule has 2 aromatic rings. The van der Waals surface area contributed by atoms with Gasteiger partial charge in [-0.1, -0.05) is 25.3 Å². The fourth-order valence-electron chi connectivity index (χ4n) is 2.95. The SMILES string of the molecule is C=CC(=O)Oc1ccc(Cc2ccc(OC(=O)C=C)c(OC)c2OC)c(OC)c1OC. The zero-order valence-electron chi connectivity index (χ0n) is 17.9. The van der Waals surface area contributed by atoms with E-state index in [2.05, 4.69) is 13.2 Å². The van der Waals surface area contributed by atoms with E-state index in [0.29, 0.717) is 17.9 Å². The Bertz CT molecular complexity index is 914. The smallest absolute Gasteiger partial charge is 0.335 e. The van der Waals surface area contributed by atoms with Crippen molar-refractivity contribution in [2.75, 3.05) is 28.4 Å². The highest BCUT2D eigenvalue weighted by molar-refractivity contribution is 5.84. The van der Waals surface area contributed by atoms with Crippen molar-refractivity contribution < 1.29 is 38.0 Å². The number of methoxy groups -OCH3 is 4. The Labute approximate surface area is 180 Å². The van der Waals surface area contributed by atoms with E-state index in [4.69, 9.17) is 28.4 Å². The van der Waals surface area contributed by atoms with Crippen molar-refractivity contribution in [2.45, 2.75) is 6.42 Å². The van der Waals surface area contributed by atoms with Crippen molar-refractivity contribution in [3.63, 3.8) is 0 Å². The van der Waals surface area contributed by atoms with Crippen LogP contribution in [0.15, 0.2) is 49.6 Å². The molecule has 0 amide bonds. The first-order valence-electron chi connectivity index (χ1n) is 9.10. The van der Waals surface area contributed by atoms with E-state index in [0.717, 1.165) is 23.3 Å². The highest BCUT2D eigenvalue weighted by atomic mass is 16.6. The number of carbonyl (C=O) groups excluding carboxylic acids is 2. The number of esters is 2. The van der Waals surface area contributed by atoms with Gasteiger partial charge in [-0.25, -0.2) is 9.59 Å². The minimum absolute atomic E-state index is 0.198. The van der Waals surface area contributed by atoms with Crippen LogP contribution < -0.4 is 28.4 Å². The lowest BCUT2D eigenvalue weighted by atomic mass is 10.0. The largest absolute Gasteiger partial charge is 0.492 e. The van der Waals surface area contributed by atoms with E-state index >= 15 is 0 Å². The van der Waals surface area contributed by atoms with E-state index in [1.807, 2.05) is 0 Å². The second-order valence-electron chi connectivity index (χ2n) is 6.01. The molecule has 0 N–H and O–H groups in total. The molecular weight excluding hydrogens is 404 g/mol. The van der Waals surface area contributed by atoms with Crippen LogP contribution in [-0.2, 0) is 16.0 Å². The maximum absolute atomic E-state index is 11.6. The Balaban J connectivity index is 2.52. The van der Waals surface area contributed by atoms with Gasteiger partial charge in [-0.05, 0) is 12.1 Å². The molecule has 8 nitrogen and oxygen atoms in total. The predicted octanol–water partition coefficient (Wildman–Crippen LogP) is 3.49. The molecule has 0 spiro atoms. The first-order chi connectivity index (χ1) is 14.9. The number of rotatable bonds is 10. The third-order valence-electron chi connectivity index (χ3n) is 4.27. The summed E-state index contributed by atoms with van der Waals surface area (Å²) < 4.78 is 32.3. The van der Waals surface area contributed by atoms with E-state index in [1.54, 1.807) is 24.3 Å².